The number of carboxylic acid groups (broad SMARTS) is 1. The van der Waals surface area contributed by atoms with Gasteiger partial charge in [-0.1, -0.05) is 0 Å². The van der Waals surface area contributed by atoms with Crippen molar-refractivity contribution < 1.29 is 24.2 Å². The quantitative estimate of drug-likeness (QED) is 0.731. The van der Waals surface area contributed by atoms with Crippen LogP contribution in [0.1, 0.15) is 19.3 Å². The number of amides is 1. The Labute approximate surface area is 106 Å². The van der Waals surface area contributed by atoms with Crippen LogP contribution in [0.2, 0.25) is 0 Å². The molecule has 1 aliphatic heterocycles. The van der Waals surface area contributed by atoms with Gasteiger partial charge in [0, 0.05) is 13.1 Å². The van der Waals surface area contributed by atoms with Gasteiger partial charge in [-0.05, 0) is 18.8 Å². The fourth-order valence-corrected chi connectivity index (χ4v) is 1.95. The van der Waals surface area contributed by atoms with Gasteiger partial charge in [-0.15, -0.1) is 0 Å². The minimum absolute atomic E-state index is 0.0628. The van der Waals surface area contributed by atoms with E-state index in [4.69, 9.17) is 14.6 Å². The van der Waals surface area contributed by atoms with Gasteiger partial charge in [-0.25, -0.2) is 0 Å². The van der Waals surface area contributed by atoms with Crippen LogP contribution in [-0.4, -0.2) is 60.9 Å². The first-order chi connectivity index (χ1) is 8.65. The van der Waals surface area contributed by atoms with Gasteiger partial charge in [0.1, 0.15) is 6.61 Å². The highest BCUT2D eigenvalue weighted by Crippen LogP contribution is 2.28. The highest BCUT2D eigenvalue weighted by Gasteiger charge is 2.26. The molecule has 1 unspecified atom stereocenters. The Morgan fingerprint density at radius 1 is 1.39 bits per heavy atom. The van der Waals surface area contributed by atoms with E-state index in [9.17, 15) is 9.59 Å². The van der Waals surface area contributed by atoms with E-state index in [1.807, 2.05) is 0 Å². The van der Waals surface area contributed by atoms with Crippen molar-refractivity contribution in [1.29, 1.82) is 0 Å². The molecule has 1 saturated carbocycles. The van der Waals surface area contributed by atoms with Crippen molar-refractivity contribution in [3.63, 3.8) is 0 Å². The SMILES string of the molecule is O=C(O)CC1CN(C(=O)COCC2CC2)CCO1. The molecule has 1 heterocycles. The maximum Gasteiger partial charge on any atom is 0.306 e. The molecule has 0 aromatic heterocycles. The van der Waals surface area contributed by atoms with E-state index in [-0.39, 0.29) is 18.9 Å². The summed E-state index contributed by atoms with van der Waals surface area (Å²) in [5.74, 6) is -0.337. The standard InChI is InChI=1S/C12H19NO5/c14-11(8-17-7-9-1-2-9)13-3-4-18-10(6-13)5-12(15)16/h9-10H,1-8H2,(H,15,16). The second-order valence-corrected chi connectivity index (χ2v) is 4.89. The van der Waals surface area contributed by atoms with Crippen LogP contribution < -0.4 is 0 Å². The summed E-state index contributed by atoms with van der Waals surface area (Å²) in [6, 6.07) is 0. The third kappa shape index (κ3) is 4.27. The van der Waals surface area contributed by atoms with E-state index >= 15 is 0 Å². The maximum atomic E-state index is 11.8. The Balaban J connectivity index is 1.69. The van der Waals surface area contributed by atoms with E-state index in [1.54, 1.807) is 4.90 Å². The Bertz CT molecular complexity index is 316. The number of hydrogen-bond donors (Lipinski definition) is 1. The van der Waals surface area contributed by atoms with Crippen molar-refractivity contribution in [3.8, 4) is 0 Å². The third-order valence-corrected chi connectivity index (χ3v) is 3.17. The summed E-state index contributed by atoms with van der Waals surface area (Å²) in [7, 11) is 0. The molecule has 0 radical (unpaired) electrons. The van der Waals surface area contributed by atoms with Crippen LogP contribution in [0.15, 0.2) is 0 Å². The summed E-state index contributed by atoms with van der Waals surface area (Å²) >= 11 is 0. The third-order valence-electron chi connectivity index (χ3n) is 3.17. The molecule has 1 aliphatic carbocycles. The summed E-state index contributed by atoms with van der Waals surface area (Å²) in [5, 5.41) is 8.69. The topological polar surface area (TPSA) is 76.1 Å². The molecule has 2 fully saturated rings. The molecule has 2 rings (SSSR count). The van der Waals surface area contributed by atoms with Crippen molar-refractivity contribution in [1.82, 2.24) is 4.90 Å². The molecule has 102 valence electrons. The number of morpholine rings is 1. The smallest absolute Gasteiger partial charge is 0.306 e. The van der Waals surface area contributed by atoms with Crippen LogP contribution in [0.25, 0.3) is 0 Å². The van der Waals surface area contributed by atoms with Crippen LogP contribution in [0, 0.1) is 5.92 Å². The highest BCUT2D eigenvalue weighted by molar-refractivity contribution is 5.77. The summed E-state index contributed by atoms with van der Waals surface area (Å²) in [6.45, 7) is 2.01. The van der Waals surface area contributed by atoms with Crippen LogP contribution in [0.4, 0.5) is 0 Å². The number of carbonyl (C=O) groups is 2. The maximum absolute atomic E-state index is 11.8. The minimum atomic E-state index is -0.903. The van der Waals surface area contributed by atoms with E-state index in [1.165, 1.54) is 12.8 Å². The fraction of sp³-hybridized carbons (Fsp3) is 0.833. The first kappa shape index (κ1) is 13.3. The van der Waals surface area contributed by atoms with E-state index in [0.717, 1.165) is 0 Å². The number of rotatable bonds is 6. The fourth-order valence-electron chi connectivity index (χ4n) is 1.95. The second kappa shape index (κ2) is 6.15. The molecule has 1 saturated heterocycles. The van der Waals surface area contributed by atoms with Crippen LogP contribution >= 0.6 is 0 Å². The molecule has 0 aromatic carbocycles. The molecule has 0 aromatic rings. The largest absolute Gasteiger partial charge is 0.481 e. The molecule has 18 heavy (non-hydrogen) atoms. The lowest BCUT2D eigenvalue weighted by molar-refractivity contribution is -0.150. The molecule has 1 atom stereocenters. The molecule has 1 amide bonds. The molecular formula is C12H19NO5. The number of carboxylic acids is 1. The van der Waals surface area contributed by atoms with Gasteiger partial charge in [-0.3, -0.25) is 9.59 Å². The molecule has 1 N–H and O–H groups in total. The zero-order valence-corrected chi connectivity index (χ0v) is 10.3. The predicted octanol–water partition coefficient (Wildman–Crippen LogP) is 0.115. The zero-order valence-electron chi connectivity index (χ0n) is 10.3. The number of nitrogens with zero attached hydrogens (tertiary/aromatic N) is 1. The molecular weight excluding hydrogens is 238 g/mol. The van der Waals surface area contributed by atoms with Gasteiger partial charge < -0.3 is 19.5 Å². The average Bonchev–Trinajstić information content (AvgIpc) is 3.12. The van der Waals surface area contributed by atoms with Gasteiger partial charge in [0.2, 0.25) is 5.91 Å². The van der Waals surface area contributed by atoms with Crippen molar-refractivity contribution >= 4 is 11.9 Å². The minimum Gasteiger partial charge on any atom is -0.481 e. The molecule has 6 nitrogen and oxygen atoms in total. The van der Waals surface area contributed by atoms with E-state index in [0.29, 0.717) is 32.2 Å². The van der Waals surface area contributed by atoms with Crippen molar-refractivity contribution in [2.24, 2.45) is 5.92 Å². The first-order valence-electron chi connectivity index (χ1n) is 6.34. The Morgan fingerprint density at radius 3 is 2.83 bits per heavy atom. The Hall–Kier alpha value is -1.14. The Kier molecular flexibility index (Phi) is 4.54. The molecule has 0 bridgehead atoms. The van der Waals surface area contributed by atoms with Gasteiger partial charge in [0.25, 0.3) is 0 Å². The first-order valence-corrected chi connectivity index (χ1v) is 6.34. The summed E-state index contributed by atoms with van der Waals surface area (Å²) < 4.78 is 10.6. The van der Waals surface area contributed by atoms with Gasteiger partial charge in [-0.2, -0.15) is 0 Å². The van der Waals surface area contributed by atoms with E-state index < -0.39 is 12.1 Å². The number of carbonyl (C=O) groups excluding carboxylic acids is 1. The van der Waals surface area contributed by atoms with Gasteiger partial charge in [0.05, 0.1) is 25.7 Å². The summed E-state index contributed by atoms with van der Waals surface area (Å²) in [6.07, 6.45) is 1.94. The second-order valence-electron chi connectivity index (χ2n) is 4.89. The van der Waals surface area contributed by atoms with Crippen molar-refractivity contribution in [3.05, 3.63) is 0 Å². The monoisotopic (exact) mass is 257 g/mol. The molecule has 2 aliphatic rings. The van der Waals surface area contributed by atoms with Gasteiger partial charge in [0.15, 0.2) is 0 Å². The number of aliphatic carboxylic acids is 1. The number of ether oxygens (including phenoxy) is 2. The predicted molar refractivity (Wildman–Crippen MR) is 62.1 cm³/mol. The lowest BCUT2D eigenvalue weighted by Gasteiger charge is -2.32. The van der Waals surface area contributed by atoms with Crippen LogP contribution in [0.3, 0.4) is 0 Å². The zero-order chi connectivity index (χ0) is 13.0. The summed E-state index contributed by atoms with van der Waals surface area (Å²) in [5.41, 5.74) is 0. The Morgan fingerprint density at radius 2 is 2.17 bits per heavy atom. The van der Waals surface area contributed by atoms with Crippen LogP contribution in [0.5, 0.6) is 0 Å². The molecule has 6 heteroatoms. The van der Waals surface area contributed by atoms with Gasteiger partial charge >= 0.3 is 5.97 Å². The normalized spacial score (nSPS) is 24.0. The van der Waals surface area contributed by atoms with Crippen molar-refractivity contribution in [2.75, 3.05) is 32.9 Å². The summed E-state index contributed by atoms with van der Waals surface area (Å²) in [4.78, 5) is 24.0. The average molecular weight is 257 g/mol. The molecule has 0 spiro atoms. The van der Waals surface area contributed by atoms with E-state index in [2.05, 4.69) is 0 Å². The highest BCUT2D eigenvalue weighted by atomic mass is 16.5. The van der Waals surface area contributed by atoms with Crippen LogP contribution in [-0.2, 0) is 19.1 Å². The lowest BCUT2D eigenvalue weighted by Crippen LogP contribution is -2.47. The number of hydrogen-bond acceptors (Lipinski definition) is 4. The van der Waals surface area contributed by atoms with Crippen molar-refractivity contribution in [2.45, 2.75) is 25.4 Å². The lowest BCUT2D eigenvalue weighted by atomic mass is 10.2.